The molecule has 0 spiro atoms. The van der Waals surface area contributed by atoms with Crippen molar-refractivity contribution in [2.75, 3.05) is 18.7 Å². The van der Waals surface area contributed by atoms with Gasteiger partial charge in [0.25, 0.3) is 5.91 Å². The van der Waals surface area contributed by atoms with Gasteiger partial charge in [-0.25, -0.2) is 18.0 Å². The van der Waals surface area contributed by atoms with Crippen LogP contribution < -0.4 is 15.0 Å². The third kappa shape index (κ3) is 4.22. The van der Waals surface area contributed by atoms with E-state index < -0.39 is 23.4 Å². The number of anilines is 1. The molecule has 0 aliphatic carbocycles. The number of rotatable bonds is 5. The fourth-order valence-corrected chi connectivity index (χ4v) is 3.38. The number of fused-ring (bicyclic) bond motifs is 1. The first-order chi connectivity index (χ1) is 15.4. The molecule has 3 aromatic rings. The Bertz CT molecular complexity index is 1190. The number of carbonyl (C=O) groups is 2. The summed E-state index contributed by atoms with van der Waals surface area (Å²) in [5.41, 5.74) is 0.664. The summed E-state index contributed by atoms with van der Waals surface area (Å²) in [4.78, 5) is 25.6. The highest BCUT2D eigenvalue weighted by molar-refractivity contribution is 6.02. The number of hydrogen-bond donors (Lipinski definition) is 1. The molecule has 0 bridgehead atoms. The molecule has 9 heteroatoms. The van der Waals surface area contributed by atoms with E-state index in [1.54, 1.807) is 35.2 Å². The summed E-state index contributed by atoms with van der Waals surface area (Å²) < 4.78 is 51.8. The lowest BCUT2D eigenvalue weighted by molar-refractivity contribution is 0.0600. The van der Waals surface area contributed by atoms with Gasteiger partial charge < -0.3 is 19.7 Å². The molecule has 0 saturated heterocycles. The third-order valence-corrected chi connectivity index (χ3v) is 4.93. The maximum Gasteiger partial charge on any atom is 0.337 e. The van der Waals surface area contributed by atoms with Crippen LogP contribution in [0.2, 0.25) is 0 Å². The van der Waals surface area contributed by atoms with Crippen LogP contribution in [0.5, 0.6) is 11.5 Å². The first-order valence-electron chi connectivity index (χ1n) is 9.52. The average Bonchev–Trinajstić information content (AvgIpc) is 2.77. The second-order valence-electron chi connectivity index (χ2n) is 7.01. The van der Waals surface area contributed by atoms with E-state index in [4.69, 9.17) is 4.74 Å². The number of carbonyl (C=O) groups excluding carboxylic acids is 2. The molecule has 1 aliphatic rings. The van der Waals surface area contributed by atoms with E-state index in [0.29, 0.717) is 34.9 Å². The SMILES string of the molecule is COC(=O)c1cccc(Oc2ccc3c(c2)C(=O)NCN3Cc2c(F)cc(F)cc2F)c1. The summed E-state index contributed by atoms with van der Waals surface area (Å²) >= 11 is 0. The van der Waals surface area contributed by atoms with Crippen molar-refractivity contribution >= 4 is 17.6 Å². The first kappa shape index (κ1) is 21.2. The minimum absolute atomic E-state index is 0.0173. The monoisotopic (exact) mass is 442 g/mol. The van der Waals surface area contributed by atoms with Gasteiger partial charge in [-0.2, -0.15) is 0 Å². The smallest absolute Gasteiger partial charge is 0.337 e. The summed E-state index contributed by atoms with van der Waals surface area (Å²) in [7, 11) is 1.27. The molecule has 164 valence electrons. The topological polar surface area (TPSA) is 67.9 Å². The predicted octanol–water partition coefficient (Wildman–Crippen LogP) is 4.39. The van der Waals surface area contributed by atoms with Crippen molar-refractivity contribution in [3.8, 4) is 11.5 Å². The molecule has 3 aromatic carbocycles. The van der Waals surface area contributed by atoms with Crippen LogP contribution in [0, 0.1) is 17.5 Å². The average molecular weight is 442 g/mol. The van der Waals surface area contributed by atoms with E-state index >= 15 is 0 Å². The zero-order chi connectivity index (χ0) is 22.8. The van der Waals surface area contributed by atoms with E-state index in [0.717, 1.165) is 0 Å². The molecular weight excluding hydrogens is 425 g/mol. The number of ether oxygens (including phenoxy) is 2. The van der Waals surface area contributed by atoms with Crippen LogP contribution in [-0.2, 0) is 11.3 Å². The lowest BCUT2D eigenvalue weighted by Crippen LogP contribution is -2.43. The molecule has 4 rings (SSSR count). The molecule has 6 nitrogen and oxygen atoms in total. The van der Waals surface area contributed by atoms with Gasteiger partial charge in [-0.1, -0.05) is 6.07 Å². The Kier molecular flexibility index (Phi) is 5.72. The summed E-state index contributed by atoms with van der Waals surface area (Å²) in [5.74, 6) is -3.24. The minimum Gasteiger partial charge on any atom is -0.465 e. The first-order valence-corrected chi connectivity index (χ1v) is 9.52. The molecule has 0 radical (unpaired) electrons. The fourth-order valence-electron chi connectivity index (χ4n) is 3.38. The fraction of sp³-hybridized carbons (Fsp3) is 0.130. The van der Waals surface area contributed by atoms with Crippen LogP contribution >= 0.6 is 0 Å². The molecule has 0 fully saturated rings. The number of nitrogens with zero attached hydrogens (tertiary/aromatic N) is 1. The molecule has 0 atom stereocenters. The van der Waals surface area contributed by atoms with Crippen LogP contribution in [0.15, 0.2) is 54.6 Å². The molecule has 1 heterocycles. The zero-order valence-corrected chi connectivity index (χ0v) is 16.8. The maximum atomic E-state index is 14.1. The van der Waals surface area contributed by atoms with Crippen molar-refractivity contribution in [1.82, 2.24) is 5.32 Å². The van der Waals surface area contributed by atoms with E-state index in [1.807, 2.05) is 0 Å². The van der Waals surface area contributed by atoms with Crippen molar-refractivity contribution in [2.45, 2.75) is 6.54 Å². The lowest BCUT2D eigenvalue weighted by Gasteiger charge is -2.31. The van der Waals surface area contributed by atoms with Crippen molar-refractivity contribution in [1.29, 1.82) is 0 Å². The van der Waals surface area contributed by atoms with Gasteiger partial charge in [0, 0.05) is 17.7 Å². The van der Waals surface area contributed by atoms with E-state index in [-0.39, 0.29) is 30.2 Å². The van der Waals surface area contributed by atoms with E-state index in [2.05, 4.69) is 10.1 Å². The molecule has 1 aliphatic heterocycles. The number of benzene rings is 3. The van der Waals surface area contributed by atoms with Crippen molar-refractivity contribution in [3.63, 3.8) is 0 Å². The zero-order valence-electron chi connectivity index (χ0n) is 16.8. The molecule has 0 unspecified atom stereocenters. The van der Waals surface area contributed by atoms with Crippen LogP contribution in [0.4, 0.5) is 18.9 Å². The molecule has 1 N–H and O–H groups in total. The van der Waals surface area contributed by atoms with Crippen LogP contribution in [0.3, 0.4) is 0 Å². The molecular formula is C23H17F3N2O4. The minimum atomic E-state index is -1.01. The van der Waals surface area contributed by atoms with Gasteiger partial charge in [-0.15, -0.1) is 0 Å². The van der Waals surface area contributed by atoms with Crippen molar-refractivity contribution in [3.05, 3.63) is 88.7 Å². The van der Waals surface area contributed by atoms with Gasteiger partial charge in [-0.3, -0.25) is 4.79 Å². The maximum absolute atomic E-state index is 14.1. The summed E-state index contributed by atoms with van der Waals surface area (Å²) in [5, 5.41) is 2.63. The van der Waals surface area contributed by atoms with Crippen LogP contribution in [0.25, 0.3) is 0 Å². The molecule has 0 aromatic heterocycles. The van der Waals surface area contributed by atoms with Gasteiger partial charge in [0.2, 0.25) is 0 Å². The van der Waals surface area contributed by atoms with Crippen LogP contribution in [0.1, 0.15) is 26.3 Å². The molecule has 32 heavy (non-hydrogen) atoms. The largest absolute Gasteiger partial charge is 0.465 e. The van der Waals surface area contributed by atoms with E-state index in [1.165, 1.54) is 19.2 Å². The van der Waals surface area contributed by atoms with E-state index in [9.17, 15) is 22.8 Å². The summed E-state index contributed by atoms with van der Waals surface area (Å²) in [6.07, 6.45) is 0. The quantitative estimate of drug-likeness (QED) is 0.594. The number of esters is 1. The summed E-state index contributed by atoms with van der Waals surface area (Å²) in [6, 6.07) is 12.2. The Morgan fingerprint density at radius 2 is 1.75 bits per heavy atom. The highest BCUT2D eigenvalue weighted by atomic mass is 19.1. The second kappa shape index (κ2) is 8.62. The number of amides is 1. The molecule has 1 amide bonds. The highest BCUT2D eigenvalue weighted by Gasteiger charge is 2.25. The summed E-state index contributed by atoms with van der Waals surface area (Å²) in [6.45, 7) is -0.198. The third-order valence-electron chi connectivity index (χ3n) is 4.93. The lowest BCUT2D eigenvalue weighted by atomic mass is 10.1. The standard InChI is InChI=1S/C23H17F3N2O4/c1-31-23(30)13-3-2-4-15(7-13)32-16-5-6-21-17(10-16)22(29)27-12-28(21)11-18-19(25)8-14(24)9-20(18)26/h2-10H,11-12H2,1H3,(H,27,29). The van der Waals surface area contributed by atoms with Gasteiger partial charge >= 0.3 is 5.97 Å². The predicted molar refractivity (Wildman–Crippen MR) is 109 cm³/mol. The highest BCUT2D eigenvalue weighted by Crippen LogP contribution is 2.32. The Labute approximate surface area is 181 Å². The second-order valence-corrected chi connectivity index (χ2v) is 7.01. The van der Waals surface area contributed by atoms with Crippen molar-refractivity contribution < 1.29 is 32.2 Å². The number of halogens is 3. The Balaban J connectivity index is 1.61. The van der Waals surface area contributed by atoms with Gasteiger partial charge in [-0.05, 0) is 36.4 Å². The van der Waals surface area contributed by atoms with Gasteiger partial charge in [0.15, 0.2) is 0 Å². The Morgan fingerprint density at radius 1 is 1.03 bits per heavy atom. The number of hydrogen-bond acceptors (Lipinski definition) is 5. The molecule has 0 saturated carbocycles. The van der Waals surface area contributed by atoms with Crippen molar-refractivity contribution in [2.24, 2.45) is 0 Å². The normalized spacial score (nSPS) is 12.8. The van der Waals surface area contributed by atoms with Crippen LogP contribution in [-0.4, -0.2) is 25.7 Å². The number of methoxy groups -OCH3 is 1. The Morgan fingerprint density at radius 3 is 2.47 bits per heavy atom. The number of nitrogens with one attached hydrogen (secondary N) is 1. The Hall–Kier alpha value is -4.01. The van der Waals surface area contributed by atoms with Gasteiger partial charge in [0.1, 0.15) is 29.0 Å². The van der Waals surface area contributed by atoms with Gasteiger partial charge in [0.05, 0.1) is 37.1 Å².